The molecule has 2 heterocycles. The van der Waals surface area contributed by atoms with E-state index in [1.54, 1.807) is 0 Å². The van der Waals surface area contributed by atoms with Crippen molar-refractivity contribution in [3.8, 4) is 5.75 Å². The van der Waals surface area contributed by atoms with Crippen LogP contribution in [0.3, 0.4) is 0 Å². The highest BCUT2D eigenvalue weighted by molar-refractivity contribution is 5.77. The number of benzene rings is 2. The minimum absolute atomic E-state index is 0.0477. The van der Waals surface area contributed by atoms with Gasteiger partial charge in [-0.25, -0.2) is 4.98 Å². The zero-order valence-electron chi connectivity index (χ0n) is 18.6. The lowest BCUT2D eigenvalue weighted by molar-refractivity contribution is -0.121. The number of ether oxygens (including phenoxy) is 1. The molecule has 0 fully saturated rings. The van der Waals surface area contributed by atoms with Crippen LogP contribution in [-0.2, 0) is 11.4 Å². The molecule has 0 radical (unpaired) electrons. The van der Waals surface area contributed by atoms with Crippen LogP contribution in [0.2, 0.25) is 0 Å². The summed E-state index contributed by atoms with van der Waals surface area (Å²) < 4.78 is 8.15. The maximum atomic E-state index is 12.7. The number of nitrogens with zero attached hydrogens (tertiary/aromatic N) is 2. The minimum atomic E-state index is -0.104. The van der Waals surface area contributed by atoms with Crippen LogP contribution in [0.1, 0.15) is 48.1 Å². The lowest BCUT2D eigenvalue weighted by Gasteiger charge is -2.19. The van der Waals surface area contributed by atoms with E-state index >= 15 is 0 Å². The highest BCUT2D eigenvalue weighted by Crippen LogP contribution is 2.32. The molecule has 0 aliphatic rings. The third-order valence-corrected chi connectivity index (χ3v) is 5.65. The summed E-state index contributed by atoms with van der Waals surface area (Å²) in [5.41, 5.74) is 5.13. The molecule has 4 aromatic rings. The fraction of sp³-hybridized carbons (Fsp3) is 0.259. The fourth-order valence-corrected chi connectivity index (χ4v) is 3.98. The average molecular weight is 428 g/mol. The Labute approximate surface area is 189 Å². The number of aromatic nitrogens is 2. The van der Waals surface area contributed by atoms with Gasteiger partial charge in [-0.3, -0.25) is 4.79 Å². The number of carbonyl (C=O) groups excluding carboxylic acids is 1. The molecule has 1 unspecified atom stereocenters. The van der Waals surface area contributed by atoms with Gasteiger partial charge in [0.2, 0.25) is 5.91 Å². The zero-order valence-corrected chi connectivity index (χ0v) is 18.6. The second-order valence-electron chi connectivity index (χ2n) is 7.99. The lowest BCUT2D eigenvalue weighted by Crippen LogP contribution is -2.26. The first-order valence-corrected chi connectivity index (χ1v) is 11.1. The molecule has 0 saturated heterocycles. The molecule has 0 aliphatic carbocycles. The van der Waals surface area contributed by atoms with E-state index < -0.39 is 0 Å². The maximum Gasteiger partial charge on any atom is 0.221 e. The molecule has 2 aromatic heterocycles. The molecular weight excluding hydrogens is 398 g/mol. The SMILES string of the molecule is CCCNC(=O)CC(c1ccccc1C)c1cnc2c(OCc3ccccc3)cccn12. The number of pyridine rings is 1. The van der Waals surface area contributed by atoms with Crippen LogP contribution in [0.4, 0.5) is 0 Å². The molecule has 0 saturated carbocycles. The van der Waals surface area contributed by atoms with Crippen LogP contribution in [0.15, 0.2) is 79.1 Å². The second-order valence-corrected chi connectivity index (χ2v) is 7.99. The topological polar surface area (TPSA) is 55.6 Å². The van der Waals surface area contributed by atoms with Crippen LogP contribution in [-0.4, -0.2) is 21.8 Å². The first-order chi connectivity index (χ1) is 15.7. The number of fused-ring (bicyclic) bond motifs is 1. The number of rotatable bonds is 9. The van der Waals surface area contributed by atoms with Crippen molar-refractivity contribution in [3.05, 3.63) is 102 Å². The molecule has 1 amide bonds. The molecular formula is C27H29N3O2. The van der Waals surface area contributed by atoms with Crippen molar-refractivity contribution in [2.45, 2.75) is 39.2 Å². The lowest BCUT2D eigenvalue weighted by atomic mass is 9.89. The van der Waals surface area contributed by atoms with E-state index in [1.165, 1.54) is 0 Å². The number of hydrogen-bond acceptors (Lipinski definition) is 3. The van der Waals surface area contributed by atoms with Gasteiger partial charge in [0, 0.05) is 31.3 Å². The van der Waals surface area contributed by atoms with Gasteiger partial charge >= 0.3 is 0 Å². The van der Waals surface area contributed by atoms with Crippen molar-refractivity contribution in [2.75, 3.05) is 6.54 Å². The molecule has 32 heavy (non-hydrogen) atoms. The van der Waals surface area contributed by atoms with Crippen LogP contribution < -0.4 is 10.1 Å². The van der Waals surface area contributed by atoms with Gasteiger partial charge in [-0.2, -0.15) is 0 Å². The van der Waals surface area contributed by atoms with Gasteiger partial charge < -0.3 is 14.5 Å². The third kappa shape index (κ3) is 4.83. The van der Waals surface area contributed by atoms with Crippen LogP contribution in [0, 0.1) is 6.92 Å². The third-order valence-electron chi connectivity index (χ3n) is 5.65. The van der Waals surface area contributed by atoms with E-state index in [1.807, 2.05) is 71.4 Å². The Kier molecular flexibility index (Phi) is 6.85. The average Bonchev–Trinajstić information content (AvgIpc) is 3.25. The van der Waals surface area contributed by atoms with Crippen molar-refractivity contribution >= 4 is 11.6 Å². The molecule has 4 rings (SSSR count). The highest BCUT2D eigenvalue weighted by Gasteiger charge is 2.24. The quantitative estimate of drug-likeness (QED) is 0.396. The van der Waals surface area contributed by atoms with Gasteiger partial charge in [-0.05, 0) is 42.2 Å². The van der Waals surface area contributed by atoms with Crippen molar-refractivity contribution in [3.63, 3.8) is 0 Å². The molecule has 2 aromatic carbocycles. The fourth-order valence-electron chi connectivity index (χ4n) is 3.98. The summed E-state index contributed by atoms with van der Waals surface area (Å²) in [4.78, 5) is 17.4. The number of hydrogen-bond donors (Lipinski definition) is 1. The number of nitrogens with one attached hydrogen (secondary N) is 1. The van der Waals surface area contributed by atoms with E-state index in [0.29, 0.717) is 19.6 Å². The van der Waals surface area contributed by atoms with E-state index in [2.05, 4.69) is 36.3 Å². The Morgan fingerprint density at radius 2 is 1.84 bits per heavy atom. The van der Waals surface area contributed by atoms with Crippen LogP contribution in [0.5, 0.6) is 5.75 Å². The Bertz CT molecular complexity index is 1180. The van der Waals surface area contributed by atoms with Crippen molar-refractivity contribution < 1.29 is 9.53 Å². The number of amides is 1. The Balaban J connectivity index is 1.68. The summed E-state index contributed by atoms with van der Waals surface area (Å²) in [7, 11) is 0. The molecule has 0 bridgehead atoms. The summed E-state index contributed by atoms with van der Waals surface area (Å²) in [6, 6.07) is 22.2. The van der Waals surface area contributed by atoms with E-state index in [0.717, 1.165) is 40.2 Å². The number of aryl methyl sites for hydroxylation is 1. The molecule has 5 nitrogen and oxygen atoms in total. The Morgan fingerprint density at radius 3 is 2.62 bits per heavy atom. The standard InChI is InChI=1S/C27H29N3O2/c1-3-15-28-26(31)17-23(22-13-8-7-10-20(22)2)24-18-29-27-25(14-9-16-30(24)27)32-19-21-11-5-4-6-12-21/h4-14,16,18,23H,3,15,17,19H2,1-2H3,(H,28,31). The maximum absolute atomic E-state index is 12.7. The molecule has 1 atom stereocenters. The van der Waals surface area contributed by atoms with Gasteiger partial charge in [0.05, 0.1) is 5.69 Å². The second kappa shape index (κ2) is 10.1. The monoisotopic (exact) mass is 427 g/mol. The van der Waals surface area contributed by atoms with E-state index in [9.17, 15) is 4.79 Å². The molecule has 0 aliphatic heterocycles. The van der Waals surface area contributed by atoms with Gasteiger partial charge in [0.1, 0.15) is 6.61 Å². The summed E-state index contributed by atoms with van der Waals surface area (Å²) in [6.07, 6.45) is 5.14. The van der Waals surface area contributed by atoms with Crippen molar-refractivity contribution in [1.29, 1.82) is 0 Å². The summed E-state index contributed by atoms with van der Waals surface area (Å²) in [5, 5.41) is 3.02. The summed E-state index contributed by atoms with van der Waals surface area (Å²) in [5.74, 6) is 0.667. The van der Waals surface area contributed by atoms with Crippen molar-refractivity contribution in [1.82, 2.24) is 14.7 Å². The summed E-state index contributed by atoms with van der Waals surface area (Å²) in [6.45, 7) is 5.30. The smallest absolute Gasteiger partial charge is 0.221 e. The normalized spacial score (nSPS) is 11.9. The zero-order chi connectivity index (χ0) is 22.3. The highest BCUT2D eigenvalue weighted by atomic mass is 16.5. The molecule has 1 N–H and O–H groups in total. The van der Waals surface area contributed by atoms with E-state index in [-0.39, 0.29) is 11.8 Å². The molecule has 0 spiro atoms. The minimum Gasteiger partial charge on any atom is -0.485 e. The Hall–Kier alpha value is -3.60. The molecule has 164 valence electrons. The predicted octanol–water partition coefficient (Wildman–Crippen LogP) is 5.27. The van der Waals surface area contributed by atoms with Crippen LogP contribution >= 0.6 is 0 Å². The first-order valence-electron chi connectivity index (χ1n) is 11.1. The molecule has 5 heteroatoms. The predicted molar refractivity (Wildman–Crippen MR) is 127 cm³/mol. The van der Waals surface area contributed by atoms with Gasteiger partial charge in [-0.15, -0.1) is 0 Å². The van der Waals surface area contributed by atoms with E-state index in [4.69, 9.17) is 4.74 Å². The van der Waals surface area contributed by atoms with Gasteiger partial charge in [0.15, 0.2) is 11.4 Å². The van der Waals surface area contributed by atoms with Crippen LogP contribution in [0.25, 0.3) is 5.65 Å². The largest absolute Gasteiger partial charge is 0.485 e. The number of carbonyl (C=O) groups is 1. The summed E-state index contributed by atoms with van der Waals surface area (Å²) >= 11 is 0. The number of imidazole rings is 1. The van der Waals surface area contributed by atoms with Gasteiger partial charge in [-0.1, -0.05) is 61.5 Å². The van der Waals surface area contributed by atoms with Gasteiger partial charge in [0.25, 0.3) is 0 Å². The first kappa shape index (κ1) is 21.6. The van der Waals surface area contributed by atoms with Crippen molar-refractivity contribution in [2.24, 2.45) is 0 Å². The Morgan fingerprint density at radius 1 is 1.06 bits per heavy atom.